The lowest BCUT2D eigenvalue weighted by molar-refractivity contribution is 0.582. The molecule has 0 radical (unpaired) electrons. The Morgan fingerprint density at radius 3 is 2.55 bits per heavy atom. The van der Waals surface area contributed by atoms with Crippen molar-refractivity contribution in [2.24, 2.45) is 0 Å². The molecule has 0 fully saturated rings. The topological polar surface area (TPSA) is 41.8 Å². The van der Waals surface area contributed by atoms with E-state index in [1.54, 1.807) is 6.26 Å². The standard InChI is InChI=1S/C17H16N2O/c1-2-5-15-14(4-1)17(19-18-15)13-9-7-12(8-10-13)16-6-3-11-20-16/h3,6-11H,1-2,4-5H2,(H,18,19). The molecule has 20 heavy (non-hydrogen) atoms. The first-order valence-corrected chi connectivity index (χ1v) is 7.12. The molecule has 0 unspecified atom stereocenters. The summed E-state index contributed by atoms with van der Waals surface area (Å²) in [5.41, 5.74) is 6.12. The second-order valence-electron chi connectivity index (χ2n) is 5.29. The Morgan fingerprint density at radius 1 is 0.950 bits per heavy atom. The van der Waals surface area contributed by atoms with Gasteiger partial charge in [0.05, 0.1) is 12.0 Å². The molecule has 0 aliphatic heterocycles. The monoisotopic (exact) mass is 264 g/mol. The van der Waals surface area contributed by atoms with E-state index in [1.807, 2.05) is 12.1 Å². The fourth-order valence-electron chi connectivity index (χ4n) is 2.95. The second-order valence-corrected chi connectivity index (χ2v) is 5.29. The SMILES string of the molecule is c1coc(-c2ccc(-c3n[nH]c4c3CCCC4)cc2)c1. The average molecular weight is 264 g/mol. The van der Waals surface area contributed by atoms with Crippen LogP contribution in [0.5, 0.6) is 0 Å². The lowest BCUT2D eigenvalue weighted by Crippen LogP contribution is -2.01. The highest BCUT2D eigenvalue weighted by Gasteiger charge is 2.17. The van der Waals surface area contributed by atoms with Gasteiger partial charge < -0.3 is 4.42 Å². The lowest BCUT2D eigenvalue weighted by Gasteiger charge is -2.11. The highest BCUT2D eigenvalue weighted by molar-refractivity contribution is 5.68. The quantitative estimate of drug-likeness (QED) is 0.753. The summed E-state index contributed by atoms with van der Waals surface area (Å²) in [5, 5.41) is 7.71. The number of aromatic nitrogens is 2. The van der Waals surface area contributed by atoms with Crippen molar-refractivity contribution in [1.29, 1.82) is 0 Å². The van der Waals surface area contributed by atoms with Crippen molar-refractivity contribution in [1.82, 2.24) is 10.2 Å². The minimum Gasteiger partial charge on any atom is -0.464 e. The van der Waals surface area contributed by atoms with Gasteiger partial charge in [0.2, 0.25) is 0 Å². The molecule has 3 aromatic rings. The smallest absolute Gasteiger partial charge is 0.133 e. The zero-order chi connectivity index (χ0) is 13.4. The number of aryl methyl sites for hydroxylation is 1. The number of aromatic amines is 1. The van der Waals surface area contributed by atoms with Gasteiger partial charge in [0.15, 0.2) is 0 Å². The third kappa shape index (κ3) is 1.86. The Kier molecular flexibility index (Phi) is 2.69. The predicted molar refractivity (Wildman–Crippen MR) is 78.4 cm³/mol. The molecule has 4 rings (SSSR count). The summed E-state index contributed by atoms with van der Waals surface area (Å²) in [7, 11) is 0. The summed E-state index contributed by atoms with van der Waals surface area (Å²) in [6.07, 6.45) is 6.51. The van der Waals surface area contributed by atoms with Gasteiger partial charge in [-0.25, -0.2) is 0 Å². The summed E-state index contributed by atoms with van der Waals surface area (Å²) in [4.78, 5) is 0. The van der Waals surface area contributed by atoms with E-state index in [0.29, 0.717) is 0 Å². The van der Waals surface area contributed by atoms with Crippen LogP contribution in [0.2, 0.25) is 0 Å². The summed E-state index contributed by atoms with van der Waals surface area (Å²) in [6.45, 7) is 0. The summed E-state index contributed by atoms with van der Waals surface area (Å²) in [5.74, 6) is 0.903. The third-order valence-electron chi connectivity index (χ3n) is 4.02. The lowest BCUT2D eigenvalue weighted by atomic mass is 9.93. The molecule has 2 heterocycles. The Labute approximate surface area is 117 Å². The van der Waals surface area contributed by atoms with Crippen LogP contribution >= 0.6 is 0 Å². The number of furan rings is 1. The fraction of sp³-hybridized carbons (Fsp3) is 0.235. The summed E-state index contributed by atoms with van der Waals surface area (Å²) >= 11 is 0. The number of hydrogen-bond acceptors (Lipinski definition) is 2. The van der Waals surface area contributed by atoms with E-state index in [-0.39, 0.29) is 0 Å². The van der Waals surface area contributed by atoms with Crippen LogP contribution in [0.1, 0.15) is 24.1 Å². The van der Waals surface area contributed by atoms with Crippen molar-refractivity contribution < 1.29 is 4.42 Å². The Bertz CT molecular complexity index is 708. The third-order valence-corrected chi connectivity index (χ3v) is 4.02. The second kappa shape index (κ2) is 4.67. The predicted octanol–water partition coefficient (Wildman–Crippen LogP) is 4.22. The molecule has 0 atom stereocenters. The van der Waals surface area contributed by atoms with Crippen LogP contribution in [0, 0.1) is 0 Å². The molecule has 3 heteroatoms. The molecule has 1 aliphatic rings. The highest BCUT2D eigenvalue weighted by atomic mass is 16.3. The Hall–Kier alpha value is -2.29. The molecule has 100 valence electrons. The molecule has 1 N–H and O–H groups in total. The van der Waals surface area contributed by atoms with Gasteiger partial charge in [0, 0.05) is 22.4 Å². The van der Waals surface area contributed by atoms with Crippen molar-refractivity contribution >= 4 is 0 Å². The van der Waals surface area contributed by atoms with E-state index in [2.05, 4.69) is 34.5 Å². The van der Waals surface area contributed by atoms with Crippen LogP contribution < -0.4 is 0 Å². The minimum absolute atomic E-state index is 0.903. The van der Waals surface area contributed by atoms with Crippen molar-refractivity contribution in [3.63, 3.8) is 0 Å². The largest absolute Gasteiger partial charge is 0.464 e. The Balaban J connectivity index is 1.71. The van der Waals surface area contributed by atoms with Crippen molar-refractivity contribution in [2.75, 3.05) is 0 Å². The van der Waals surface area contributed by atoms with Crippen LogP contribution in [-0.4, -0.2) is 10.2 Å². The molecular weight excluding hydrogens is 248 g/mol. The molecule has 0 saturated carbocycles. The van der Waals surface area contributed by atoms with Gasteiger partial charge in [0.1, 0.15) is 5.76 Å². The first-order chi connectivity index (χ1) is 9.92. The maximum atomic E-state index is 5.42. The van der Waals surface area contributed by atoms with Gasteiger partial charge in [-0.2, -0.15) is 5.10 Å². The number of nitrogens with one attached hydrogen (secondary N) is 1. The van der Waals surface area contributed by atoms with Gasteiger partial charge >= 0.3 is 0 Å². The fourth-order valence-corrected chi connectivity index (χ4v) is 2.95. The number of H-pyrrole nitrogens is 1. The van der Waals surface area contributed by atoms with E-state index in [9.17, 15) is 0 Å². The van der Waals surface area contributed by atoms with Crippen LogP contribution in [-0.2, 0) is 12.8 Å². The molecule has 0 spiro atoms. The van der Waals surface area contributed by atoms with Gasteiger partial charge in [-0.15, -0.1) is 0 Å². The van der Waals surface area contributed by atoms with Gasteiger partial charge in [-0.3, -0.25) is 5.10 Å². The average Bonchev–Trinajstić information content (AvgIpc) is 3.17. The van der Waals surface area contributed by atoms with Crippen molar-refractivity contribution in [3.05, 3.63) is 53.9 Å². The maximum absolute atomic E-state index is 5.42. The number of nitrogens with zero attached hydrogens (tertiary/aromatic N) is 1. The maximum Gasteiger partial charge on any atom is 0.133 e. The molecular formula is C17H16N2O. The van der Waals surface area contributed by atoms with Gasteiger partial charge in [-0.05, 0) is 37.8 Å². The highest BCUT2D eigenvalue weighted by Crippen LogP contribution is 2.30. The van der Waals surface area contributed by atoms with E-state index < -0.39 is 0 Å². The van der Waals surface area contributed by atoms with Crippen LogP contribution in [0.4, 0.5) is 0 Å². The minimum atomic E-state index is 0.903. The Morgan fingerprint density at radius 2 is 1.75 bits per heavy atom. The molecule has 1 aromatic carbocycles. The van der Waals surface area contributed by atoms with Crippen LogP contribution in [0.25, 0.3) is 22.6 Å². The molecule has 0 saturated heterocycles. The van der Waals surface area contributed by atoms with Crippen LogP contribution in [0.3, 0.4) is 0 Å². The van der Waals surface area contributed by atoms with E-state index >= 15 is 0 Å². The van der Waals surface area contributed by atoms with Crippen molar-refractivity contribution in [3.8, 4) is 22.6 Å². The van der Waals surface area contributed by atoms with E-state index in [1.165, 1.54) is 29.7 Å². The zero-order valence-corrected chi connectivity index (χ0v) is 11.2. The molecule has 0 amide bonds. The van der Waals surface area contributed by atoms with E-state index in [0.717, 1.165) is 29.9 Å². The zero-order valence-electron chi connectivity index (χ0n) is 11.2. The van der Waals surface area contributed by atoms with E-state index in [4.69, 9.17) is 4.42 Å². The molecule has 0 bridgehead atoms. The van der Waals surface area contributed by atoms with Crippen molar-refractivity contribution in [2.45, 2.75) is 25.7 Å². The number of benzene rings is 1. The number of fused-ring (bicyclic) bond motifs is 1. The normalized spacial score (nSPS) is 14.2. The number of rotatable bonds is 2. The summed E-state index contributed by atoms with van der Waals surface area (Å²) in [6, 6.07) is 12.3. The number of hydrogen-bond donors (Lipinski definition) is 1. The molecule has 2 aromatic heterocycles. The molecule has 3 nitrogen and oxygen atoms in total. The summed E-state index contributed by atoms with van der Waals surface area (Å²) < 4.78 is 5.42. The molecule has 1 aliphatic carbocycles. The van der Waals surface area contributed by atoms with Crippen LogP contribution in [0.15, 0.2) is 47.1 Å². The van der Waals surface area contributed by atoms with Gasteiger partial charge in [-0.1, -0.05) is 24.3 Å². The first kappa shape index (κ1) is 11.5. The first-order valence-electron chi connectivity index (χ1n) is 7.12. The van der Waals surface area contributed by atoms with Gasteiger partial charge in [0.25, 0.3) is 0 Å².